The molecule has 0 amide bonds. The highest BCUT2D eigenvalue weighted by molar-refractivity contribution is 7.99. The molecule has 2 aromatic rings. The number of aromatic nitrogens is 3. The molecule has 0 aliphatic carbocycles. The maximum absolute atomic E-state index is 12.2. The average Bonchev–Trinajstić information content (AvgIpc) is 2.71. The summed E-state index contributed by atoms with van der Waals surface area (Å²) in [5.41, 5.74) is 0.673. The average molecular weight is 272 g/mol. The van der Waals surface area contributed by atoms with E-state index in [0.29, 0.717) is 17.1 Å². The van der Waals surface area contributed by atoms with Gasteiger partial charge < -0.3 is 10.6 Å². The van der Waals surface area contributed by atoms with Crippen LogP contribution in [0.3, 0.4) is 0 Å². The summed E-state index contributed by atoms with van der Waals surface area (Å²) < 4.78 is 30.5. The Morgan fingerprint density at radius 3 is 2.50 bits per heavy atom. The van der Waals surface area contributed by atoms with E-state index in [4.69, 9.17) is 10.6 Å². The zero-order chi connectivity index (χ0) is 13.1. The monoisotopic (exact) mass is 272 g/mol. The van der Waals surface area contributed by atoms with Crippen LogP contribution in [0, 0.1) is 0 Å². The molecule has 0 bridgehead atoms. The molecule has 0 atom stereocenters. The SMILES string of the molecule is COc1ccc(-c2nnc(SC(F)F)n2N)cc1. The van der Waals surface area contributed by atoms with Crippen molar-refractivity contribution in [3.63, 3.8) is 0 Å². The lowest BCUT2D eigenvalue weighted by Gasteiger charge is -2.04. The normalized spacial score (nSPS) is 10.9. The van der Waals surface area contributed by atoms with E-state index in [1.807, 2.05) is 0 Å². The summed E-state index contributed by atoms with van der Waals surface area (Å²) in [5, 5.41) is 7.37. The quantitative estimate of drug-likeness (QED) is 0.681. The number of ether oxygens (including phenoxy) is 1. The highest BCUT2D eigenvalue weighted by atomic mass is 32.2. The molecule has 0 aliphatic heterocycles. The Labute approximate surface area is 106 Å². The molecule has 2 N–H and O–H groups in total. The van der Waals surface area contributed by atoms with E-state index < -0.39 is 5.76 Å². The topological polar surface area (TPSA) is 66.0 Å². The van der Waals surface area contributed by atoms with Gasteiger partial charge in [0.2, 0.25) is 5.16 Å². The molecule has 1 aromatic heterocycles. The first kappa shape index (κ1) is 12.6. The van der Waals surface area contributed by atoms with Crippen LogP contribution in [0.2, 0.25) is 0 Å². The third-order valence-corrected chi connectivity index (χ3v) is 2.87. The van der Waals surface area contributed by atoms with E-state index in [0.717, 1.165) is 4.68 Å². The lowest BCUT2D eigenvalue weighted by molar-refractivity contribution is 0.251. The number of halogens is 2. The van der Waals surface area contributed by atoms with Crippen molar-refractivity contribution in [2.24, 2.45) is 0 Å². The summed E-state index contributed by atoms with van der Waals surface area (Å²) in [6.45, 7) is 0. The first-order valence-corrected chi connectivity index (χ1v) is 5.79. The molecule has 1 heterocycles. The second kappa shape index (κ2) is 5.21. The first-order valence-electron chi connectivity index (χ1n) is 4.91. The van der Waals surface area contributed by atoms with E-state index >= 15 is 0 Å². The van der Waals surface area contributed by atoms with Gasteiger partial charge in [0.15, 0.2) is 5.82 Å². The zero-order valence-electron chi connectivity index (χ0n) is 9.38. The van der Waals surface area contributed by atoms with E-state index in [-0.39, 0.29) is 16.9 Å². The van der Waals surface area contributed by atoms with Crippen LogP contribution >= 0.6 is 11.8 Å². The summed E-state index contributed by atoms with van der Waals surface area (Å²) in [6.07, 6.45) is 0. The van der Waals surface area contributed by atoms with Gasteiger partial charge in [0, 0.05) is 5.56 Å². The maximum atomic E-state index is 12.2. The van der Waals surface area contributed by atoms with Crippen molar-refractivity contribution in [3.8, 4) is 17.1 Å². The van der Waals surface area contributed by atoms with Gasteiger partial charge in [-0.05, 0) is 36.0 Å². The highest BCUT2D eigenvalue weighted by Gasteiger charge is 2.16. The number of nitrogen functional groups attached to an aromatic ring is 1. The van der Waals surface area contributed by atoms with Crippen LogP contribution in [0.1, 0.15) is 0 Å². The van der Waals surface area contributed by atoms with E-state index in [1.165, 1.54) is 0 Å². The molecule has 0 spiro atoms. The molecule has 0 saturated heterocycles. The largest absolute Gasteiger partial charge is 0.497 e. The Morgan fingerprint density at radius 1 is 1.28 bits per heavy atom. The summed E-state index contributed by atoms with van der Waals surface area (Å²) in [7, 11) is 1.55. The fourth-order valence-corrected chi connectivity index (χ4v) is 1.82. The van der Waals surface area contributed by atoms with Gasteiger partial charge in [-0.2, -0.15) is 8.78 Å². The number of thioether (sulfide) groups is 1. The van der Waals surface area contributed by atoms with Crippen molar-refractivity contribution in [1.29, 1.82) is 0 Å². The molecular formula is C10H10F2N4OS. The second-order valence-corrected chi connectivity index (χ2v) is 4.24. The molecule has 2 rings (SSSR count). The van der Waals surface area contributed by atoms with Crippen LogP contribution in [0.25, 0.3) is 11.4 Å². The Morgan fingerprint density at radius 2 is 1.94 bits per heavy atom. The Balaban J connectivity index is 2.30. The number of rotatable bonds is 4. The van der Waals surface area contributed by atoms with E-state index in [9.17, 15) is 8.78 Å². The molecule has 0 radical (unpaired) electrons. The number of nitrogens with two attached hydrogens (primary N) is 1. The van der Waals surface area contributed by atoms with Crippen molar-refractivity contribution in [2.75, 3.05) is 13.0 Å². The number of alkyl halides is 2. The third kappa shape index (κ3) is 2.53. The van der Waals surface area contributed by atoms with Gasteiger partial charge in [0.25, 0.3) is 5.76 Å². The van der Waals surface area contributed by atoms with Gasteiger partial charge in [0.1, 0.15) is 5.75 Å². The minimum Gasteiger partial charge on any atom is -0.497 e. The number of benzene rings is 1. The molecule has 5 nitrogen and oxygen atoms in total. The first-order chi connectivity index (χ1) is 8.61. The van der Waals surface area contributed by atoms with Gasteiger partial charge in [-0.15, -0.1) is 10.2 Å². The Kier molecular flexibility index (Phi) is 3.66. The molecule has 0 aliphatic rings. The number of methoxy groups -OCH3 is 1. The van der Waals surface area contributed by atoms with Crippen LogP contribution < -0.4 is 10.6 Å². The molecule has 18 heavy (non-hydrogen) atoms. The molecule has 0 saturated carbocycles. The Bertz CT molecular complexity index is 529. The minimum absolute atomic E-state index is 0.0316. The predicted octanol–water partition coefficient (Wildman–Crippen LogP) is 1.98. The Hall–Kier alpha value is -1.83. The van der Waals surface area contributed by atoms with E-state index in [1.54, 1.807) is 31.4 Å². The number of nitrogens with zero attached hydrogens (tertiary/aromatic N) is 3. The van der Waals surface area contributed by atoms with Crippen molar-refractivity contribution in [1.82, 2.24) is 14.9 Å². The maximum Gasteiger partial charge on any atom is 0.291 e. The summed E-state index contributed by atoms with van der Waals surface area (Å²) in [5.74, 6) is 4.08. The minimum atomic E-state index is -2.58. The van der Waals surface area contributed by atoms with Crippen LogP contribution in [0.4, 0.5) is 8.78 Å². The van der Waals surface area contributed by atoms with Gasteiger partial charge in [-0.25, -0.2) is 4.68 Å². The molecule has 1 aromatic carbocycles. The lowest BCUT2D eigenvalue weighted by Crippen LogP contribution is -2.12. The molecule has 96 valence electrons. The molecular weight excluding hydrogens is 262 g/mol. The van der Waals surface area contributed by atoms with Crippen molar-refractivity contribution in [3.05, 3.63) is 24.3 Å². The fourth-order valence-electron chi connectivity index (χ4n) is 1.37. The number of hydrogen-bond donors (Lipinski definition) is 1. The molecule has 0 fully saturated rings. The second-order valence-electron chi connectivity index (χ2n) is 3.28. The summed E-state index contributed by atoms with van der Waals surface area (Å²) in [4.78, 5) is 0. The van der Waals surface area contributed by atoms with Crippen LogP contribution in [0.15, 0.2) is 29.4 Å². The predicted molar refractivity (Wildman–Crippen MR) is 64.0 cm³/mol. The summed E-state index contributed by atoms with van der Waals surface area (Å²) in [6, 6.07) is 6.90. The number of hydrogen-bond acceptors (Lipinski definition) is 5. The van der Waals surface area contributed by atoms with Crippen molar-refractivity contribution >= 4 is 11.8 Å². The third-order valence-electron chi connectivity index (χ3n) is 2.21. The smallest absolute Gasteiger partial charge is 0.291 e. The summed E-state index contributed by atoms with van der Waals surface area (Å²) >= 11 is 0.255. The zero-order valence-corrected chi connectivity index (χ0v) is 10.2. The van der Waals surface area contributed by atoms with Gasteiger partial charge >= 0.3 is 0 Å². The highest BCUT2D eigenvalue weighted by Crippen LogP contribution is 2.26. The van der Waals surface area contributed by atoms with Crippen LogP contribution in [-0.4, -0.2) is 27.7 Å². The van der Waals surface area contributed by atoms with Gasteiger partial charge in [0.05, 0.1) is 7.11 Å². The van der Waals surface area contributed by atoms with Crippen LogP contribution in [-0.2, 0) is 0 Å². The molecule has 8 heteroatoms. The van der Waals surface area contributed by atoms with Crippen LogP contribution in [0.5, 0.6) is 5.75 Å². The van der Waals surface area contributed by atoms with Crippen molar-refractivity contribution < 1.29 is 13.5 Å². The van der Waals surface area contributed by atoms with Gasteiger partial charge in [-0.3, -0.25) is 0 Å². The van der Waals surface area contributed by atoms with Gasteiger partial charge in [-0.1, -0.05) is 0 Å². The lowest BCUT2D eigenvalue weighted by atomic mass is 10.2. The van der Waals surface area contributed by atoms with Crippen molar-refractivity contribution in [2.45, 2.75) is 10.9 Å². The molecule has 0 unspecified atom stereocenters. The standard InChI is InChI=1S/C10H10F2N4OS/c1-17-7-4-2-6(3-5-7)8-14-15-10(16(8)13)18-9(11)12/h2-5,9H,13H2,1H3. The fraction of sp³-hybridized carbons (Fsp3) is 0.200. The van der Waals surface area contributed by atoms with E-state index in [2.05, 4.69) is 10.2 Å².